The van der Waals surface area contributed by atoms with Crippen LogP contribution in [0.15, 0.2) is 47.1 Å². The van der Waals surface area contributed by atoms with Crippen molar-refractivity contribution in [2.45, 2.75) is 0 Å². The molecule has 1 aliphatic heterocycles. The summed E-state index contributed by atoms with van der Waals surface area (Å²) in [5, 5.41) is 2.80. The summed E-state index contributed by atoms with van der Waals surface area (Å²) in [6.45, 7) is 3.14. The fraction of sp³-hybridized carbons (Fsp3) is 0.333. The van der Waals surface area contributed by atoms with Crippen molar-refractivity contribution < 1.29 is 18.7 Å². The lowest BCUT2D eigenvalue weighted by molar-refractivity contribution is -0.116. The zero-order valence-electron chi connectivity index (χ0n) is 14.1. The zero-order valence-corrected chi connectivity index (χ0v) is 14.1. The molecule has 2 aromatic rings. The number of morpholine rings is 1. The molecule has 0 unspecified atom stereocenters. The van der Waals surface area contributed by atoms with E-state index < -0.39 is 0 Å². The number of likely N-dealkylation sites (N-methyl/N-ethyl adjacent to an activating group) is 1. The van der Waals surface area contributed by atoms with Gasteiger partial charge in [0.05, 0.1) is 26.0 Å². The third-order valence-electron chi connectivity index (χ3n) is 3.99. The van der Waals surface area contributed by atoms with Crippen molar-refractivity contribution in [2.75, 3.05) is 50.1 Å². The average molecular weight is 343 g/mol. The Bertz CT molecular complexity index is 706. The number of furan rings is 1. The van der Waals surface area contributed by atoms with E-state index in [0.717, 1.165) is 32.0 Å². The highest BCUT2D eigenvalue weighted by Crippen LogP contribution is 2.19. The molecule has 25 heavy (non-hydrogen) atoms. The fourth-order valence-electron chi connectivity index (χ4n) is 2.65. The number of nitrogens with zero attached hydrogens (tertiary/aromatic N) is 2. The van der Waals surface area contributed by atoms with Crippen LogP contribution in [0.1, 0.15) is 10.6 Å². The van der Waals surface area contributed by atoms with Crippen molar-refractivity contribution in [1.82, 2.24) is 4.90 Å². The molecule has 1 aromatic heterocycles. The molecule has 7 nitrogen and oxygen atoms in total. The molecule has 0 bridgehead atoms. The van der Waals surface area contributed by atoms with Gasteiger partial charge in [0.1, 0.15) is 0 Å². The van der Waals surface area contributed by atoms with Crippen molar-refractivity contribution in [3.63, 3.8) is 0 Å². The lowest BCUT2D eigenvalue weighted by Crippen LogP contribution is -2.36. The van der Waals surface area contributed by atoms with Gasteiger partial charge in [0, 0.05) is 31.5 Å². The first kappa shape index (κ1) is 17.0. The maximum absolute atomic E-state index is 12.1. The van der Waals surface area contributed by atoms with Gasteiger partial charge in [0.15, 0.2) is 5.76 Å². The van der Waals surface area contributed by atoms with Crippen LogP contribution >= 0.6 is 0 Å². The first-order chi connectivity index (χ1) is 12.1. The van der Waals surface area contributed by atoms with Crippen molar-refractivity contribution in [3.05, 3.63) is 48.4 Å². The monoisotopic (exact) mass is 343 g/mol. The minimum absolute atomic E-state index is 0.0508. The Morgan fingerprint density at radius 1 is 1.16 bits per heavy atom. The predicted octanol–water partition coefficient (Wildman–Crippen LogP) is 1.83. The van der Waals surface area contributed by atoms with Crippen molar-refractivity contribution in [1.29, 1.82) is 0 Å². The Morgan fingerprint density at radius 3 is 2.52 bits per heavy atom. The van der Waals surface area contributed by atoms with Gasteiger partial charge < -0.3 is 24.3 Å². The predicted molar refractivity (Wildman–Crippen MR) is 93.8 cm³/mol. The van der Waals surface area contributed by atoms with E-state index in [9.17, 15) is 9.59 Å². The maximum atomic E-state index is 12.1. The molecule has 3 rings (SSSR count). The van der Waals surface area contributed by atoms with Gasteiger partial charge in [0.2, 0.25) is 5.91 Å². The summed E-state index contributed by atoms with van der Waals surface area (Å²) in [5.41, 5.74) is 1.80. The standard InChI is InChI=1S/C18H21N3O4/c1-20(18(23)16-3-2-10-25-16)13-17(22)19-14-4-6-15(7-5-14)21-8-11-24-12-9-21/h2-7,10H,8-9,11-13H2,1H3,(H,19,22). The SMILES string of the molecule is CN(CC(=O)Nc1ccc(N2CCOCC2)cc1)C(=O)c1ccco1. The number of carbonyl (C=O) groups is 2. The van der Waals surface area contributed by atoms with E-state index in [1.807, 2.05) is 24.3 Å². The highest BCUT2D eigenvalue weighted by molar-refractivity contribution is 5.97. The largest absolute Gasteiger partial charge is 0.459 e. The Morgan fingerprint density at radius 2 is 1.88 bits per heavy atom. The van der Waals surface area contributed by atoms with Crippen molar-refractivity contribution in [2.24, 2.45) is 0 Å². The normalized spacial score (nSPS) is 14.2. The molecule has 1 N–H and O–H groups in total. The van der Waals surface area contributed by atoms with Gasteiger partial charge >= 0.3 is 0 Å². The van der Waals surface area contributed by atoms with Crippen LogP contribution < -0.4 is 10.2 Å². The van der Waals surface area contributed by atoms with E-state index in [-0.39, 0.29) is 24.1 Å². The first-order valence-corrected chi connectivity index (χ1v) is 8.15. The molecule has 1 aliphatic rings. The molecule has 2 amide bonds. The quantitative estimate of drug-likeness (QED) is 0.896. The van der Waals surface area contributed by atoms with E-state index in [2.05, 4.69) is 10.2 Å². The summed E-state index contributed by atoms with van der Waals surface area (Å²) < 4.78 is 10.4. The molecule has 1 aromatic carbocycles. The number of carbonyl (C=O) groups excluding carboxylic acids is 2. The van der Waals surface area contributed by atoms with Gasteiger partial charge in [-0.1, -0.05) is 0 Å². The van der Waals surface area contributed by atoms with E-state index in [1.54, 1.807) is 19.2 Å². The number of hydrogen-bond acceptors (Lipinski definition) is 5. The van der Waals surface area contributed by atoms with Crippen LogP contribution in [0.25, 0.3) is 0 Å². The molecular formula is C18H21N3O4. The maximum Gasteiger partial charge on any atom is 0.289 e. The fourth-order valence-corrected chi connectivity index (χ4v) is 2.65. The lowest BCUT2D eigenvalue weighted by Gasteiger charge is -2.28. The summed E-state index contributed by atoms with van der Waals surface area (Å²) in [4.78, 5) is 27.7. The van der Waals surface area contributed by atoms with Crippen LogP contribution in [0.5, 0.6) is 0 Å². The topological polar surface area (TPSA) is 75.0 Å². The van der Waals surface area contributed by atoms with Gasteiger partial charge in [0.25, 0.3) is 5.91 Å². The molecule has 2 heterocycles. The molecule has 1 saturated heterocycles. The van der Waals surface area contributed by atoms with Crippen LogP contribution in [0.3, 0.4) is 0 Å². The van der Waals surface area contributed by atoms with E-state index in [1.165, 1.54) is 11.2 Å². The van der Waals surface area contributed by atoms with Gasteiger partial charge in [-0.2, -0.15) is 0 Å². The highest BCUT2D eigenvalue weighted by atomic mass is 16.5. The second-order valence-electron chi connectivity index (χ2n) is 5.83. The number of anilines is 2. The summed E-state index contributed by atoms with van der Waals surface area (Å²) in [7, 11) is 1.56. The summed E-state index contributed by atoms with van der Waals surface area (Å²) in [6, 6.07) is 10.9. The second kappa shape index (κ2) is 7.85. The number of nitrogens with one attached hydrogen (secondary N) is 1. The zero-order chi connectivity index (χ0) is 17.6. The lowest BCUT2D eigenvalue weighted by atomic mass is 10.2. The first-order valence-electron chi connectivity index (χ1n) is 8.15. The molecule has 0 radical (unpaired) electrons. The number of amides is 2. The average Bonchev–Trinajstić information content (AvgIpc) is 3.17. The van der Waals surface area contributed by atoms with Crippen LogP contribution in [0, 0.1) is 0 Å². The van der Waals surface area contributed by atoms with Gasteiger partial charge in [-0.3, -0.25) is 9.59 Å². The summed E-state index contributed by atoms with van der Waals surface area (Å²) in [6.07, 6.45) is 1.43. The van der Waals surface area contributed by atoms with Crippen molar-refractivity contribution >= 4 is 23.2 Å². The van der Waals surface area contributed by atoms with E-state index >= 15 is 0 Å². The number of rotatable bonds is 5. The third kappa shape index (κ3) is 4.39. The number of benzene rings is 1. The second-order valence-corrected chi connectivity index (χ2v) is 5.83. The smallest absolute Gasteiger partial charge is 0.289 e. The molecule has 7 heteroatoms. The molecule has 0 atom stereocenters. The van der Waals surface area contributed by atoms with Crippen LogP contribution in [0.2, 0.25) is 0 Å². The number of ether oxygens (including phenoxy) is 1. The van der Waals surface area contributed by atoms with Crippen LogP contribution in [-0.2, 0) is 9.53 Å². The van der Waals surface area contributed by atoms with Crippen LogP contribution in [-0.4, -0.2) is 56.6 Å². The molecule has 0 spiro atoms. The molecular weight excluding hydrogens is 322 g/mol. The molecule has 1 fully saturated rings. The Hall–Kier alpha value is -2.80. The molecule has 0 saturated carbocycles. The van der Waals surface area contributed by atoms with E-state index in [4.69, 9.17) is 9.15 Å². The van der Waals surface area contributed by atoms with Crippen molar-refractivity contribution in [3.8, 4) is 0 Å². The minimum Gasteiger partial charge on any atom is -0.459 e. The van der Waals surface area contributed by atoms with Crippen LogP contribution in [0.4, 0.5) is 11.4 Å². The Balaban J connectivity index is 1.53. The Labute approximate surface area is 146 Å². The molecule has 0 aliphatic carbocycles. The molecule has 132 valence electrons. The highest BCUT2D eigenvalue weighted by Gasteiger charge is 2.17. The van der Waals surface area contributed by atoms with Gasteiger partial charge in [-0.05, 0) is 36.4 Å². The third-order valence-corrected chi connectivity index (χ3v) is 3.99. The Kier molecular flexibility index (Phi) is 5.35. The summed E-state index contributed by atoms with van der Waals surface area (Å²) in [5.74, 6) is -0.380. The van der Waals surface area contributed by atoms with Gasteiger partial charge in [-0.15, -0.1) is 0 Å². The minimum atomic E-state index is -0.331. The summed E-state index contributed by atoms with van der Waals surface area (Å²) >= 11 is 0. The van der Waals surface area contributed by atoms with Gasteiger partial charge in [-0.25, -0.2) is 0 Å². The number of hydrogen-bond donors (Lipinski definition) is 1. The van der Waals surface area contributed by atoms with E-state index in [0.29, 0.717) is 5.69 Å².